The van der Waals surface area contributed by atoms with Crippen molar-refractivity contribution in [1.29, 1.82) is 0 Å². The summed E-state index contributed by atoms with van der Waals surface area (Å²) >= 11 is 0. The molecule has 0 aromatic carbocycles. The molecule has 1 rings (SSSR count). The molecule has 0 amide bonds. The molecule has 0 heterocycles. The van der Waals surface area contributed by atoms with Gasteiger partial charge in [0.1, 0.15) is 0 Å². The molecule has 1 aliphatic rings. The van der Waals surface area contributed by atoms with Crippen molar-refractivity contribution >= 4 is 16.8 Å². The minimum absolute atomic E-state index is 0.530. The van der Waals surface area contributed by atoms with Crippen LogP contribution in [-0.4, -0.2) is 34.8 Å². The molecule has 1 fully saturated rings. The van der Waals surface area contributed by atoms with Gasteiger partial charge in [-0.05, 0) is 12.8 Å². The highest BCUT2D eigenvalue weighted by Gasteiger charge is 2.21. The van der Waals surface area contributed by atoms with Crippen LogP contribution < -0.4 is 16.6 Å². The highest BCUT2D eigenvalue weighted by atomic mass is 32.2. The van der Waals surface area contributed by atoms with Crippen molar-refractivity contribution < 1.29 is 4.21 Å². The first-order valence-electron chi connectivity index (χ1n) is 4.30. The molecule has 1 saturated carbocycles. The summed E-state index contributed by atoms with van der Waals surface area (Å²) in [5.41, 5.74) is 2.49. The Kier molecular flexibility index (Phi) is 4.17. The summed E-state index contributed by atoms with van der Waals surface area (Å²) in [5.74, 6) is 6.43. The zero-order valence-corrected chi connectivity index (χ0v) is 8.56. The largest absolute Gasteiger partial charge is 0.353 e. The fourth-order valence-corrected chi connectivity index (χ4v) is 1.19. The molecular weight excluding hydrogens is 188 g/mol. The Morgan fingerprint density at radius 1 is 1.69 bits per heavy atom. The van der Waals surface area contributed by atoms with Crippen molar-refractivity contribution in [2.24, 2.45) is 10.8 Å². The van der Waals surface area contributed by atoms with Crippen LogP contribution in [0.15, 0.2) is 4.99 Å². The van der Waals surface area contributed by atoms with Gasteiger partial charge in [-0.2, -0.15) is 0 Å². The molecule has 13 heavy (non-hydrogen) atoms. The van der Waals surface area contributed by atoms with Crippen LogP contribution in [0.1, 0.15) is 12.8 Å². The van der Waals surface area contributed by atoms with Crippen LogP contribution in [0.4, 0.5) is 0 Å². The van der Waals surface area contributed by atoms with Crippen LogP contribution in [0.25, 0.3) is 0 Å². The fraction of sp³-hybridized carbons (Fsp3) is 0.857. The third-order valence-corrected chi connectivity index (χ3v) is 2.46. The zero-order chi connectivity index (χ0) is 9.68. The first-order chi connectivity index (χ1) is 6.22. The highest BCUT2D eigenvalue weighted by molar-refractivity contribution is 7.84. The van der Waals surface area contributed by atoms with Crippen molar-refractivity contribution in [2.75, 3.05) is 18.6 Å². The lowest BCUT2D eigenvalue weighted by Crippen LogP contribution is -2.42. The zero-order valence-electron chi connectivity index (χ0n) is 7.75. The smallest absolute Gasteiger partial charge is 0.205 e. The van der Waals surface area contributed by atoms with Crippen LogP contribution >= 0.6 is 0 Å². The Labute approximate surface area is 80.6 Å². The summed E-state index contributed by atoms with van der Waals surface area (Å²) < 4.78 is 10.7. The van der Waals surface area contributed by atoms with E-state index in [1.807, 2.05) is 0 Å². The molecule has 0 saturated heterocycles. The highest BCUT2D eigenvalue weighted by Crippen LogP contribution is 2.18. The van der Waals surface area contributed by atoms with Gasteiger partial charge in [0.15, 0.2) is 0 Å². The first kappa shape index (κ1) is 10.5. The number of guanidine groups is 1. The normalized spacial score (nSPS) is 19.7. The number of nitrogens with zero attached hydrogens (tertiary/aromatic N) is 1. The van der Waals surface area contributed by atoms with E-state index >= 15 is 0 Å². The van der Waals surface area contributed by atoms with Gasteiger partial charge in [-0.1, -0.05) is 0 Å². The molecular formula is C7H16N4OS. The van der Waals surface area contributed by atoms with Crippen LogP contribution in [0.3, 0.4) is 0 Å². The maximum absolute atomic E-state index is 10.7. The second kappa shape index (κ2) is 5.18. The summed E-state index contributed by atoms with van der Waals surface area (Å²) in [6.45, 7) is 0.544. The van der Waals surface area contributed by atoms with Crippen LogP contribution in [0.5, 0.6) is 0 Å². The maximum Gasteiger partial charge on any atom is 0.205 e. The Morgan fingerprint density at radius 3 is 2.85 bits per heavy atom. The van der Waals surface area contributed by atoms with Gasteiger partial charge in [0.25, 0.3) is 0 Å². The van der Waals surface area contributed by atoms with E-state index in [4.69, 9.17) is 5.84 Å². The monoisotopic (exact) mass is 204 g/mol. The minimum Gasteiger partial charge on any atom is -0.353 e. The second-order valence-electron chi connectivity index (χ2n) is 3.07. The van der Waals surface area contributed by atoms with E-state index in [1.165, 1.54) is 12.8 Å². The molecule has 5 nitrogen and oxygen atoms in total. The third-order valence-electron chi connectivity index (χ3n) is 1.70. The van der Waals surface area contributed by atoms with E-state index < -0.39 is 10.8 Å². The molecule has 1 atom stereocenters. The lowest BCUT2D eigenvalue weighted by Gasteiger charge is -2.06. The molecule has 76 valence electrons. The summed E-state index contributed by atoms with van der Waals surface area (Å²) in [6, 6.07) is 0.530. The van der Waals surface area contributed by atoms with Crippen molar-refractivity contribution in [3.63, 3.8) is 0 Å². The molecule has 6 heteroatoms. The van der Waals surface area contributed by atoms with Gasteiger partial charge in [-0.15, -0.1) is 0 Å². The van der Waals surface area contributed by atoms with Crippen molar-refractivity contribution in [3.05, 3.63) is 0 Å². The molecule has 0 bridgehead atoms. The van der Waals surface area contributed by atoms with Gasteiger partial charge in [0, 0.05) is 28.9 Å². The molecule has 4 N–H and O–H groups in total. The van der Waals surface area contributed by atoms with E-state index in [1.54, 1.807) is 6.26 Å². The molecule has 0 spiro atoms. The number of nitrogens with one attached hydrogen (secondary N) is 2. The number of nitrogens with two attached hydrogens (primary N) is 1. The standard InChI is InChI=1S/C7H16N4OS/c1-13(12)5-4-9-7(11-8)10-6-2-3-6/h6H,2-5,8H2,1H3,(H2,9,10,11). The van der Waals surface area contributed by atoms with Gasteiger partial charge in [0.2, 0.25) is 5.96 Å². The number of hydrogen-bond acceptors (Lipinski definition) is 3. The topological polar surface area (TPSA) is 79.5 Å². The first-order valence-corrected chi connectivity index (χ1v) is 6.02. The summed E-state index contributed by atoms with van der Waals surface area (Å²) in [5, 5.41) is 3.13. The average Bonchev–Trinajstić information content (AvgIpc) is 2.86. The molecule has 0 aromatic heterocycles. The number of rotatable bonds is 4. The lowest BCUT2D eigenvalue weighted by atomic mass is 10.7. The lowest BCUT2D eigenvalue weighted by molar-refractivity contribution is 0.686. The van der Waals surface area contributed by atoms with Gasteiger partial charge in [-0.25, -0.2) is 5.84 Å². The van der Waals surface area contributed by atoms with Gasteiger partial charge in [0.05, 0.1) is 6.54 Å². The van der Waals surface area contributed by atoms with Gasteiger partial charge in [-0.3, -0.25) is 14.6 Å². The molecule has 1 aliphatic carbocycles. The summed E-state index contributed by atoms with van der Waals surface area (Å²) in [4.78, 5) is 4.14. The third kappa shape index (κ3) is 4.84. The van der Waals surface area contributed by atoms with Crippen molar-refractivity contribution in [3.8, 4) is 0 Å². The van der Waals surface area contributed by atoms with Crippen LogP contribution in [0, 0.1) is 0 Å². The Hall–Kier alpha value is -0.620. The van der Waals surface area contributed by atoms with E-state index in [0.29, 0.717) is 24.3 Å². The van der Waals surface area contributed by atoms with E-state index in [0.717, 1.165) is 0 Å². The predicted molar refractivity (Wildman–Crippen MR) is 54.7 cm³/mol. The van der Waals surface area contributed by atoms with Gasteiger partial charge >= 0.3 is 0 Å². The van der Waals surface area contributed by atoms with E-state index in [-0.39, 0.29) is 0 Å². The quantitative estimate of drug-likeness (QED) is 0.236. The SMILES string of the molecule is CS(=O)CCN=C(NN)NC1CC1. The number of aliphatic imine (C=N–C) groups is 1. The second-order valence-corrected chi connectivity index (χ2v) is 4.63. The minimum atomic E-state index is -0.784. The average molecular weight is 204 g/mol. The molecule has 0 aromatic rings. The Balaban J connectivity index is 2.22. The van der Waals surface area contributed by atoms with Crippen LogP contribution in [-0.2, 0) is 10.8 Å². The van der Waals surface area contributed by atoms with Crippen LogP contribution in [0.2, 0.25) is 0 Å². The van der Waals surface area contributed by atoms with Crippen molar-refractivity contribution in [2.45, 2.75) is 18.9 Å². The van der Waals surface area contributed by atoms with Crippen molar-refractivity contribution in [1.82, 2.24) is 10.7 Å². The maximum atomic E-state index is 10.7. The number of hydrogen-bond donors (Lipinski definition) is 3. The fourth-order valence-electron chi connectivity index (χ4n) is 0.840. The summed E-state index contributed by atoms with van der Waals surface area (Å²) in [6.07, 6.45) is 4.03. The summed E-state index contributed by atoms with van der Waals surface area (Å²) in [7, 11) is -0.784. The molecule has 1 unspecified atom stereocenters. The van der Waals surface area contributed by atoms with E-state index in [9.17, 15) is 4.21 Å². The van der Waals surface area contributed by atoms with E-state index in [2.05, 4.69) is 15.7 Å². The molecule has 0 aliphatic heterocycles. The predicted octanol–water partition coefficient (Wildman–Crippen LogP) is -1.06. The Morgan fingerprint density at radius 2 is 2.38 bits per heavy atom. The number of hydrazine groups is 1. The molecule has 0 radical (unpaired) electrons. The Bertz CT molecular complexity index is 215. The van der Waals surface area contributed by atoms with Gasteiger partial charge < -0.3 is 5.32 Å².